The van der Waals surface area contributed by atoms with Crippen molar-refractivity contribution in [2.75, 3.05) is 13.1 Å². The fraction of sp³-hybridized carbons (Fsp3) is 0.500. The fourth-order valence-corrected chi connectivity index (χ4v) is 3.44. The number of H-pyrrole nitrogens is 1. The molecule has 0 spiro atoms. The predicted octanol–water partition coefficient (Wildman–Crippen LogP) is 3.79. The van der Waals surface area contributed by atoms with Gasteiger partial charge in [0.2, 0.25) is 0 Å². The summed E-state index contributed by atoms with van der Waals surface area (Å²) in [7, 11) is 0. The number of nitrogens with one attached hydrogen (secondary N) is 1. The van der Waals surface area contributed by atoms with Gasteiger partial charge in [-0.3, -0.25) is 10.00 Å². The van der Waals surface area contributed by atoms with Gasteiger partial charge in [-0.05, 0) is 49.1 Å². The topological polar surface area (TPSA) is 69.2 Å². The zero-order valence-electron chi connectivity index (χ0n) is 15.2. The molecule has 0 amide bonds. The number of carboxylic acid groups (broad SMARTS) is 1. The first kappa shape index (κ1) is 17.7. The molecule has 5 heteroatoms. The molecule has 1 atom stereocenters. The number of likely N-dealkylation sites (tertiary alicyclic amines) is 1. The first-order valence-corrected chi connectivity index (χ1v) is 8.93. The van der Waals surface area contributed by atoms with Crippen LogP contribution in [0.3, 0.4) is 0 Å². The van der Waals surface area contributed by atoms with Gasteiger partial charge < -0.3 is 5.11 Å². The minimum absolute atomic E-state index is 0.0606. The zero-order chi connectivity index (χ0) is 18.0. The maximum absolute atomic E-state index is 11.0. The lowest BCUT2D eigenvalue weighted by Gasteiger charge is -2.32. The maximum Gasteiger partial charge on any atom is 0.335 e. The quantitative estimate of drug-likeness (QED) is 0.888. The molecule has 2 aromatic rings. The number of aromatic nitrogens is 2. The molecule has 2 heterocycles. The highest BCUT2D eigenvalue weighted by Gasteiger charge is 2.23. The third kappa shape index (κ3) is 4.28. The Hall–Kier alpha value is -2.14. The van der Waals surface area contributed by atoms with E-state index in [-0.39, 0.29) is 5.41 Å². The number of carbonyl (C=O) groups is 1. The summed E-state index contributed by atoms with van der Waals surface area (Å²) in [6.07, 6.45) is 2.31. The van der Waals surface area contributed by atoms with Crippen LogP contribution in [0.15, 0.2) is 30.3 Å². The minimum Gasteiger partial charge on any atom is -0.478 e. The summed E-state index contributed by atoms with van der Waals surface area (Å²) in [4.78, 5) is 13.5. The van der Waals surface area contributed by atoms with E-state index >= 15 is 0 Å². The normalized spacial score (nSPS) is 19.1. The van der Waals surface area contributed by atoms with Gasteiger partial charge in [-0.25, -0.2) is 4.79 Å². The zero-order valence-corrected chi connectivity index (χ0v) is 15.2. The second kappa shape index (κ2) is 7.00. The molecule has 0 radical (unpaired) electrons. The molecule has 1 unspecified atom stereocenters. The van der Waals surface area contributed by atoms with Crippen LogP contribution in [0.25, 0.3) is 0 Å². The van der Waals surface area contributed by atoms with Crippen molar-refractivity contribution in [2.45, 2.75) is 51.5 Å². The number of hydrogen-bond acceptors (Lipinski definition) is 3. The molecular weight excluding hydrogens is 314 g/mol. The first-order valence-electron chi connectivity index (χ1n) is 8.93. The molecule has 0 aliphatic carbocycles. The maximum atomic E-state index is 11.0. The van der Waals surface area contributed by atoms with Gasteiger partial charge in [0.05, 0.1) is 11.3 Å². The van der Waals surface area contributed by atoms with Crippen LogP contribution in [0.5, 0.6) is 0 Å². The predicted molar refractivity (Wildman–Crippen MR) is 97.9 cm³/mol. The highest BCUT2D eigenvalue weighted by atomic mass is 16.4. The molecule has 1 aliphatic rings. The van der Waals surface area contributed by atoms with E-state index in [4.69, 9.17) is 5.11 Å². The first-order chi connectivity index (χ1) is 11.8. The number of aromatic carboxylic acids is 1. The summed E-state index contributed by atoms with van der Waals surface area (Å²) >= 11 is 0. The second-order valence-electron chi connectivity index (χ2n) is 8.03. The van der Waals surface area contributed by atoms with E-state index in [1.54, 1.807) is 12.1 Å². The number of benzene rings is 1. The molecule has 25 heavy (non-hydrogen) atoms. The Morgan fingerprint density at radius 3 is 2.64 bits per heavy atom. The lowest BCUT2D eigenvalue weighted by atomic mass is 9.90. The summed E-state index contributed by atoms with van der Waals surface area (Å²) in [5.74, 6) is -0.410. The van der Waals surface area contributed by atoms with Crippen LogP contribution in [-0.4, -0.2) is 39.3 Å². The number of piperidine rings is 1. The lowest BCUT2D eigenvalue weighted by Crippen LogP contribution is -2.34. The summed E-state index contributed by atoms with van der Waals surface area (Å²) in [6.45, 7) is 9.48. The van der Waals surface area contributed by atoms with Gasteiger partial charge in [-0.2, -0.15) is 5.10 Å². The van der Waals surface area contributed by atoms with Crippen LogP contribution < -0.4 is 0 Å². The van der Waals surface area contributed by atoms with Crippen LogP contribution in [0.2, 0.25) is 0 Å². The molecule has 1 aromatic carbocycles. The Morgan fingerprint density at radius 1 is 1.32 bits per heavy atom. The van der Waals surface area contributed by atoms with E-state index in [2.05, 4.69) is 41.9 Å². The standard InChI is InChI=1S/C20H27N3O2/c1-20(2,3)18-11-17(21-22-18)13-23-10-4-5-16(12-23)14-6-8-15(9-7-14)19(24)25/h6-9,11,16H,4-5,10,12-13H2,1-3H3,(H,21,22)(H,24,25). The third-order valence-electron chi connectivity index (χ3n) is 4.93. The summed E-state index contributed by atoms with van der Waals surface area (Å²) < 4.78 is 0. The average Bonchev–Trinajstić information content (AvgIpc) is 3.04. The summed E-state index contributed by atoms with van der Waals surface area (Å²) in [6, 6.07) is 9.52. The third-order valence-corrected chi connectivity index (χ3v) is 4.93. The van der Waals surface area contributed by atoms with Crippen molar-refractivity contribution in [3.05, 3.63) is 52.8 Å². The van der Waals surface area contributed by atoms with Crippen molar-refractivity contribution < 1.29 is 9.90 Å². The molecule has 5 nitrogen and oxygen atoms in total. The second-order valence-corrected chi connectivity index (χ2v) is 8.03. The van der Waals surface area contributed by atoms with E-state index in [0.29, 0.717) is 11.5 Å². The molecule has 2 N–H and O–H groups in total. The smallest absolute Gasteiger partial charge is 0.335 e. The van der Waals surface area contributed by atoms with Crippen molar-refractivity contribution >= 4 is 5.97 Å². The largest absolute Gasteiger partial charge is 0.478 e. The van der Waals surface area contributed by atoms with Crippen molar-refractivity contribution in [3.63, 3.8) is 0 Å². The van der Waals surface area contributed by atoms with Gasteiger partial charge in [0.1, 0.15) is 0 Å². The van der Waals surface area contributed by atoms with E-state index in [1.807, 2.05) is 12.1 Å². The van der Waals surface area contributed by atoms with E-state index in [0.717, 1.165) is 43.9 Å². The van der Waals surface area contributed by atoms with Gasteiger partial charge in [0, 0.05) is 24.2 Å². The van der Waals surface area contributed by atoms with E-state index in [1.165, 1.54) is 5.56 Å². The fourth-order valence-electron chi connectivity index (χ4n) is 3.44. The molecular formula is C20H27N3O2. The molecule has 1 saturated heterocycles. The summed E-state index contributed by atoms with van der Waals surface area (Å²) in [5, 5.41) is 16.7. The van der Waals surface area contributed by atoms with Crippen LogP contribution in [0, 0.1) is 0 Å². The van der Waals surface area contributed by atoms with Gasteiger partial charge >= 0.3 is 5.97 Å². The Labute approximate surface area is 149 Å². The Bertz CT molecular complexity index is 728. The van der Waals surface area contributed by atoms with Gasteiger partial charge in [-0.15, -0.1) is 0 Å². The average molecular weight is 341 g/mol. The van der Waals surface area contributed by atoms with Crippen molar-refractivity contribution in [2.24, 2.45) is 0 Å². The minimum atomic E-state index is -0.870. The molecule has 1 aromatic heterocycles. The molecule has 3 rings (SSSR count). The lowest BCUT2D eigenvalue weighted by molar-refractivity contribution is 0.0697. The SMILES string of the molecule is CC(C)(C)c1cc(CN2CCCC(c3ccc(C(=O)O)cc3)C2)[nH]n1. The Kier molecular flexibility index (Phi) is 4.95. The monoisotopic (exact) mass is 341 g/mol. The number of aromatic amines is 1. The number of hydrogen-bond donors (Lipinski definition) is 2. The highest BCUT2D eigenvalue weighted by molar-refractivity contribution is 5.87. The molecule has 1 aliphatic heterocycles. The van der Waals surface area contributed by atoms with Gasteiger partial charge in [0.25, 0.3) is 0 Å². The number of nitrogens with zero attached hydrogens (tertiary/aromatic N) is 2. The Balaban J connectivity index is 1.65. The van der Waals surface area contributed by atoms with E-state index in [9.17, 15) is 4.79 Å². The number of carboxylic acids is 1. The van der Waals surface area contributed by atoms with Crippen molar-refractivity contribution in [3.8, 4) is 0 Å². The van der Waals surface area contributed by atoms with Crippen LogP contribution >= 0.6 is 0 Å². The van der Waals surface area contributed by atoms with Gasteiger partial charge in [-0.1, -0.05) is 32.9 Å². The van der Waals surface area contributed by atoms with Crippen LogP contribution in [0.1, 0.15) is 66.8 Å². The van der Waals surface area contributed by atoms with Gasteiger partial charge in [0.15, 0.2) is 0 Å². The molecule has 0 saturated carbocycles. The number of rotatable bonds is 4. The van der Waals surface area contributed by atoms with E-state index < -0.39 is 5.97 Å². The summed E-state index contributed by atoms with van der Waals surface area (Å²) in [5.41, 5.74) is 3.90. The van der Waals surface area contributed by atoms with Crippen LogP contribution in [0.4, 0.5) is 0 Å². The Morgan fingerprint density at radius 2 is 2.04 bits per heavy atom. The molecule has 0 bridgehead atoms. The van der Waals surface area contributed by atoms with Crippen molar-refractivity contribution in [1.82, 2.24) is 15.1 Å². The molecule has 134 valence electrons. The van der Waals surface area contributed by atoms with Crippen molar-refractivity contribution in [1.29, 1.82) is 0 Å². The molecule has 1 fully saturated rings. The highest BCUT2D eigenvalue weighted by Crippen LogP contribution is 2.28. The van der Waals surface area contributed by atoms with Crippen LogP contribution in [-0.2, 0) is 12.0 Å².